The van der Waals surface area contributed by atoms with Crippen molar-refractivity contribution in [2.24, 2.45) is 0 Å². The van der Waals surface area contributed by atoms with Crippen LogP contribution >= 0.6 is 0 Å². The van der Waals surface area contributed by atoms with Crippen LogP contribution in [-0.4, -0.2) is 53.6 Å². The Kier molecular flexibility index (Phi) is 6.05. The smallest absolute Gasteiger partial charge is 0.412 e. The molecule has 0 radical (unpaired) electrons. The number of benzene rings is 1. The number of carbonyl (C=O) groups excluding carboxylic acids is 2. The molecule has 0 spiro atoms. The summed E-state index contributed by atoms with van der Waals surface area (Å²) in [5.74, 6) is 0.782. The second kappa shape index (κ2) is 8.86. The Morgan fingerprint density at radius 2 is 1.93 bits per heavy atom. The van der Waals surface area contributed by atoms with Gasteiger partial charge in [-0.3, -0.25) is 10.1 Å². The Balaban J connectivity index is 2.05. The zero-order chi connectivity index (χ0) is 21.7. The average Bonchev–Trinajstić information content (AvgIpc) is 3.19. The summed E-state index contributed by atoms with van der Waals surface area (Å²) in [7, 11) is 4.18. The van der Waals surface area contributed by atoms with E-state index < -0.39 is 12.0 Å². The average molecular weight is 413 g/mol. The summed E-state index contributed by atoms with van der Waals surface area (Å²) >= 11 is 0. The summed E-state index contributed by atoms with van der Waals surface area (Å²) in [4.78, 5) is 27.9. The summed E-state index contributed by atoms with van der Waals surface area (Å²) in [6.07, 6.45) is -0.727. The SMILES string of the molecule is CNC(=O)c1nnc(NC(=O)OC)cc1Nc1cccc(-c2noc(C)n2)c1OC. The van der Waals surface area contributed by atoms with Crippen LogP contribution < -0.4 is 20.7 Å². The molecular formula is C18H19N7O5. The van der Waals surface area contributed by atoms with E-state index in [0.717, 1.165) is 0 Å². The highest BCUT2D eigenvalue weighted by Crippen LogP contribution is 2.37. The van der Waals surface area contributed by atoms with Gasteiger partial charge in [-0.2, -0.15) is 4.98 Å². The van der Waals surface area contributed by atoms with Crippen LogP contribution in [0, 0.1) is 6.92 Å². The van der Waals surface area contributed by atoms with Crippen molar-refractivity contribution in [1.82, 2.24) is 25.7 Å². The standard InChI is InChI=1S/C18H19N7O5/c1-9-20-16(25-30-9)10-6-5-7-11(15(10)28-3)21-12-8-13(22-18(27)29-4)23-24-14(12)17(26)19-2/h5-8H,1-4H3,(H,19,26)(H2,21,22,23,27). The molecule has 3 aromatic rings. The molecule has 0 aliphatic carbocycles. The van der Waals surface area contributed by atoms with Crippen molar-refractivity contribution in [2.75, 3.05) is 31.9 Å². The van der Waals surface area contributed by atoms with Gasteiger partial charge in [-0.25, -0.2) is 4.79 Å². The number of amides is 2. The molecule has 3 N–H and O–H groups in total. The van der Waals surface area contributed by atoms with Crippen molar-refractivity contribution < 1.29 is 23.6 Å². The predicted octanol–water partition coefficient (Wildman–Crippen LogP) is 2.13. The van der Waals surface area contributed by atoms with Gasteiger partial charge in [0.1, 0.15) is 0 Å². The Morgan fingerprint density at radius 1 is 1.13 bits per heavy atom. The number of rotatable bonds is 6. The second-order valence-electron chi connectivity index (χ2n) is 5.84. The molecule has 3 rings (SSSR count). The van der Waals surface area contributed by atoms with Crippen molar-refractivity contribution in [2.45, 2.75) is 6.92 Å². The first-order valence-corrected chi connectivity index (χ1v) is 8.66. The second-order valence-corrected chi connectivity index (χ2v) is 5.84. The van der Waals surface area contributed by atoms with E-state index >= 15 is 0 Å². The molecule has 2 aromatic heterocycles. The quantitative estimate of drug-likeness (QED) is 0.547. The molecule has 156 valence electrons. The normalized spacial score (nSPS) is 10.3. The van der Waals surface area contributed by atoms with Crippen molar-refractivity contribution in [1.29, 1.82) is 0 Å². The number of ether oxygens (including phenoxy) is 2. The first-order chi connectivity index (χ1) is 14.5. The molecule has 0 fully saturated rings. The molecule has 0 saturated carbocycles. The third kappa shape index (κ3) is 4.27. The van der Waals surface area contributed by atoms with Gasteiger partial charge in [0.25, 0.3) is 5.91 Å². The third-order valence-corrected chi connectivity index (χ3v) is 3.91. The number of hydrogen-bond donors (Lipinski definition) is 3. The van der Waals surface area contributed by atoms with E-state index in [1.165, 1.54) is 27.3 Å². The van der Waals surface area contributed by atoms with E-state index in [2.05, 4.69) is 41.0 Å². The van der Waals surface area contributed by atoms with Crippen LogP contribution in [0.25, 0.3) is 11.4 Å². The summed E-state index contributed by atoms with van der Waals surface area (Å²) in [6, 6.07) is 6.70. The van der Waals surface area contributed by atoms with Gasteiger partial charge in [-0.05, 0) is 12.1 Å². The number of carbonyl (C=O) groups is 2. The number of para-hydroxylation sites is 1. The maximum absolute atomic E-state index is 12.2. The van der Waals surface area contributed by atoms with Crippen LogP contribution in [0.5, 0.6) is 5.75 Å². The number of aromatic nitrogens is 4. The number of hydrogen-bond acceptors (Lipinski definition) is 10. The zero-order valence-electron chi connectivity index (χ0n) is 16.6. The molecule has 0 aliphatic heterocycles. The van der Waals surface area contributed by atoms with Crippen LogP contribution in [0.4, 0.5) is 22.0 Å². The van der Waals surface area contributed by atoms with Crippen LogP contribution in [0.15, 0.2) is 28.8 Å². The highest BCUT2D eigenvalue weighted by Gasteiger charge is 2.19. The monoisotopic (exact) mass is 413 g/mol. The first-order valence-electron chi connectivity index (χ1n) is 8.66. The third-order valence-electron chi connectivity index (χ3n) is 3.91. The Labute approximate surface area is 171 Å². The molecule has 0 aliphatic rings. The molecule has 2 amide bonds. The Morgan fingerprint density at radius 3 is 2.57 bits per heavy atom. The summed E-state index contributed by atoms with van der Waals surface area (Å²) in [5, 5.41) is 19.6. The molecule has 0 atom stereocenters. The first kappa shape index (κ1) is 20.5. The summed E-state index contributed by atoms with van der Waals surface area (Å²) in [6.45, 7) is 1.68. The lowest BCUT2D eigenvalue weighted by atomic mass is 10.1. The molecule has 0 bridgehead atoms. The van der Waals surface area contributed by atoms with E-state index in [1.54, 1.807) is 25.1 Å². The number of aryl methyl sites for hydroxylation is 1. The van der Waals surface area contributed by atoms with Gasteiger partial charge in [0.05, 0.1) is 31.2 Å². The fraction of sp³-hybridized carbons (Fsp3) is 0.222. The molecule has 12 nitrogen and oxygen atoms in total. The minimum absolute atomic E-state index is 0.00998. The van der Waals surface area contributed by atoms with E-state index in [0.29, 0.717) is 28.7 Å². The Bertz CT molecular complexity index is 1080. The highest BCUT2D eigenvalue weighted by atomic mass is 16.5. The van der Waals surface area contributed by atoms with E-state index in [-0.39, 0.29) is 17.2 Å². The van der Waals surface area contributed by atoms with Crippen molar-refractivity contribution in [3.8, 4) is 17.1 Å². The van der Waals surface area contributed by atoms with Crippen molar-refractivity contribution >= 4 is 29.2 Å². The fourth-order valence-electron chi connectivity index (χ4n) is 2.57. The lowest BCUT2D eigenvalue weighted by Crippen LogP contribution is -2.22. The van der Waals surface area contributed by atoms with Crippen LogP contribution in [0.3, 0.4) is 0 Å². The summed E-state index contributed by atoms with van der Waals surface area (Å²) < 4.78 is 15.1. The zero-order valence-corrected chi connectivity index (χ0v) is 16.6. The van der Waals surface area contributed by atoms with Gasteiger partial charge < -0.3 is 24.6 Å². The Hall–Kier alpha value is -4.22. The number of anilines is 3. The van der Waals surface area contributed by atoms with Crippen molar-refractivity contribution in [3.63, 3.8) is 0 Å². The number of methoxy groups -OCH3 is 2. The number of nitrogens with zero attached hydrogens (tertiary/aromatic N) is 4. The van der Waals surface area contributed by atoms with Crippen LogP contribution in [0.1, 0.15) is 16.4 Å². The lowest BCUT2D eigenvalue weighted by Gasteiger charge is -2.15. The van der Waals surface area contributed by atoms with Gasteiger partial charge in [0.2, 0.25) is 11.7 Å². The lowest BCUT2D eigenvalue weighted by molar-refractivity contribution is 0.0958. The van der Waals surface area contributed by atoms with E-state index in [4.69, 9.17) is 9.26 Å². The molecule has 0 unspecified atom stereocenters. The number of nitrogens with one attached hydrogen (secondary N) is 3. The largest absolute Gasteiger partial charge is 0.494 e. The summed E-state index contributed by atoms with van der Waals surface area (Å²) in [5.41, 5.74) is 1.36. The molecule has 1 aromatic carbocycles. The molecular weight excluding hydrogens is 394 g/mol. The molecule has 0 saturated heterocycles. The van der Waals surface area contributed by atoms with Crippen molar-refractivity contribution in [3.05, 3.63) is 35.9 Å². The maximum Gasteiger partial charge on any atom is 0.412 e. The van der Waals surface area contributed by atoms with Gasteiger partial charge >= 0.3 is 6.09 Å². The molecule has 30 heavy (non-hydrogen) atoms. The van der Waals surface area contributed by atoms with Gasteiger partial charge in [-0.1, -0.05) is 11.2 Å². The van der Waals surface area contributed by atoms with Gasteiger partial charge in [-0.15, -0.1) is 10.2 Å². The molecule has 12 heteroatoms. The van der Waals surface area contributed by atoms with Gasteiger partial charge in [0.15, 0.2) is 17.3 Å². The highest BCUT2D eigenvalue weighted by molar-refractivity contribution is 5.99. The van der Waals surface area contributed by atoms with E-state index in [9.17, 15) is 9.59 Å². The predicted molar refractivity (Wildman–Crippen MR) is 106 cm³/mol. The molecule has 2 heterocycles. The van der Waals surface area contributed by atoms with E-state index in [1.807, 2.05) is 0 Å². The minimum Gasteiger partial charge on any atom is -0.494 e. The maximum atomic E-state index is 12.2. The van der Waals surface area contributed by atoms with Crippen LogP contribution in [0.2, 0.25) is 0 Å². The fourth-order valence-corrected chi connectivity index (χ4v) is 2.57. The minimum atomic E-state index is -0.727. The topological polar surface area (TPSA) is 153 Å². The van der Waals surface area contributed by atoms with Crippen LogP contribution in [-0.2, 0) is 4.74 Å². The van der Waals surface area contributed by atoms with Gasteiger partial charge in [0, 0.05) is 20.0 Å².